The van der Waals surface area contributed by atoms with Crippen LogP contribution in [0.15, 0.2) is 6.07 Å². The van der Waals surface area contributed by atoms with Crippen LogP contribution in [0, 0.1) is 12.8 Å². The Bertz CT molecular complexity index is 415. The van der Waals surface area contributed by atoms with Crippen molar-refractivity contribution in [3.8, 4) is 0 Å². The molecule has 1 aromatic rings. The highest BCUT2D eigenvalue weighted by Crippen LogP contribution is 2.31. The Kier molecular flexibility index (Phi) is 5.63. The van der Waals surface area contributed by atoms with Crippen LogP contribution in [0.5, 0.6) is 0 Å². The molecular formula is C13H21ClN2OS. The Morgan fingerprint density at radius 3 is 2.78 bits per heavy atom. The molecule has 1 fully saturated rings. The summed E-state index contributed by atoms with van der Waals surface area (Å²) in [5, 5.41) is 2.93. The van der Waals surface area contributed by atoms with Crippen LogP contribution in [0.25, 0.3) is 0 Å². The number of rotatable bonds is 5. The Morgan fingerprint density at radius 1 is 1.61 bits per heavy atom. The Hall–Kier alpha value is -0.580. The first-order valence-electron chi connectivity index (χ1n) is 6.25. The van der Waals surface area contributed by atoms with Crippen molar-refractivity contribution in [2.24, 2.45) is 11.7 Å². The van der Waals surface area contributed by atoms with E-state index in [0.29, 0.717) is 12.5 Å². The van der Waals surface area contributed by atoms with E-state index in [9.17, 15) is 4.79 Å². The molecule has 3 nitrogen and oxygen atoms in total. The zero-order chi connectivity index (χ0) is 12.4. The summed E-state index contributed by atoms with van der Waals surface area (Å²) in [5.74, 6) is 0.653. The summed E-state index contributed by atoms with van der Waals surface area (Å²) in [4.78, 5) is 14.0. The molecule has 18 heavy (non-hydrogen) atoms. The van der Waals surface area contributed by atoms with Gasteiger partial charge in [0.25, 0.3) is 5.91 Å². The van der Waals surface area contributed by atoms with E-state index >= 15 is 0 Å². The molecule has 1 heterocycles. The lowest BCUT2D eigenvalue weighted by atomic mass is 10.2. The highest BCUT2D eigenvalue weighted by Gasteiger charge is 2.28. The van der Waals surface area contributed by atoms with Gasteiger partial charge in [0.2, 0.25) is 0 Å². The smallest absolute Gasteiger partial charge is 0.261 e. The third-order valence-corrected chi connectivity index (χ3v) is 4.44. The molecule has 1 aliphatic carbocycles. The maximum absolute atomic E-state index is 11.9. The van der Waals surface area contributed by atoms with Gasteiger partial charge in [-0.25, -0.2) is 0 Å². The maximum atomic E-state index is 11.9. The van der Waals surface area contributed by atoms with Crippen molar-refractivity contribution in [3.63, 3.8) is 0 Å². The van der Waals surface area contributed by atoms with Crippen molar-refractivity contribution >= 4 is 29.7 Å². The minimum Gasteiger partial charge on any atom is -0.350 e. The summed E-state index contributed by atoms with van der Waals surface area (Å²) in [6, 6.07) is 2.13. The van der Waals surface area contributed by atoms with Gasteiger partial charge in [0.15, 0.2) is 0 Å². The van der Waals surface area contributed by atoms with Gasteiger partial charge in [-0.2, -0.15) is 0 Å². The summed E-state index contributed by atoms with van der Waals surface area (Å²) in [6.07, 6.45) is 3.42. The van der Waals surface area contributed by atoms with Gasteiger partial charge in [-0.1, -0.05) is 6.92 Å². The monoisotopic (exact) mass is 288 g/mol. The van der Waals surface area contributed by atoms with Crippen molar-refractivity contribution in [2.45, 2.75) is 39.2 Å². The Balaban J connectivity index is 0.00000162. The molecule has 5 heteroatoms. The molecule has 1 saturated carbocycles. The van der Waals surface area contributed by atoms with Gasteiger partial charge < -0.3 is 11.1 Å². The van der Waals surface area contributed by atoms with E-state index in [1.165, 1.54) is 23.3 Å². The minimum absolute atomic E-state index is 0. The number of amides is 1. The van der Waals surface area contributed by atoms with Crippen LogP contribution in [-0.4, -0.2) is 18.5 Å². The van der Waals surface area contributed by atoms with Crippen LogP contribution in [0.3, 0.4) is 0 Å². The predicted molar refractivity (Wildman–Crippen MR) is 78.7 cm³/mol. The Morgan fingerprint density at radius 2 is 2.28 bits per heavy atom. The quantitative estimate of drug-likeness (QED) is 0.875. The zero-order valence-electron chi connectivity index (χ0n) is 10.9. The van der Waals surface area contributed by atoms with Crippen LogP contribution in [0.4, 0.5) is 0 Å². The molecule has 2 rings (SSSR count). The molecule has 1 atom stereocenters. The highest BCUT2D eigenvalue weighted by atomic mass is 35.5. The molecule has 1 unspecified atom stereocenters. The van der Waals surface area contributed by atoms with Crippen molar-refractivity contribution in [1.82, 2.24) is 5.32 Å². The van der Waals surface area contributed by atoms with E-state index in [2.05, 4.69) is 19.2 Å². The number of aryl methyl sites for hydroxylation is 2. The topological polar surface area (TPSA) is 55.1 Å². The van der Waals surface area contributed by atoms with E-state index in [4.69, 9.17) is 5.73 Å². The van der Waals surface area contributed by atoms with Gasteiger partial charge in [0.05, 0.1) is 4.88 Å². The molecule has 0 spiro atoms. The molecule has 0 saturated heterocycles. The van der Waals surface area contributed by atoms with E-state index in [1.54, 1.807) is 11.3 Å². The SMILES string of the molecule is CCc1cc(C(=O)NCC(N)C2CC2)sc1C.Cl. The number of nitrogens with two attached hydrogens (primary N) is 1. The summed E-state index contributed by atoms with van der Waals surface area (Å²) in [7, 11) is 0. The van der Waals surface area contributed by atoms with E-state index in [0.717, 1.165) is 11.3 Å². The van der Waals surface area contributed by atoms with Crippen LogP contribution in [0.1, 0.15) is 39.9 Å². The first-order valence-corrected chi connectivity index (χ1v) is 7.06. The van der Waals surface area contributed by atoms with Gasteiger partial charge >= 0.3 is 0 Å². The van der Waals surface area contributed by atoms with Crippen molar-refractivity contribution < 1.29 is 4.79 Å². The lowest BCUT2D eigenvalue weighted by Gasteiger charge is -2.10. The molecular weight excluding hydrogens is 268 g/mol. The lowest BCUT2D eigenvalue weighted by molar-refractivity contribution is 0.0954. The summed E-state index contributed by atoms with van der Waals surface area (Å²) < 4.78 is 0. The molecule has 0 aliphatic heterocycles. The molecule has 102 valence electrons. The molecule has 1 amide bonds. The van der Waals surface area contributed by atoms with Gasteiger partial charge in [-0.05, 0) is 43.7 Å². The highest BCUT2D eigenvalue weighted by molar-refractivity contribution is 7.14. The van der Waals surface area contributed by atoms with Crippen LogP contribution in [-0.2, 0) is 6.42 Å². The molecule has 1 aliphatic rings. The first kappa shape index (κ1) is 15.5. The van der Waals surface area contributed by atoms with Gasteiger partial charge in [0, 0.05) is 17.5 Å². The standard InChI is InChI=1S/C13H20N2OS.ClH/c1-3-9-6-12(17-8(9)2)13(16)15-7-11(14)10-4-5-10;/h6,10-11H,3-5,7,14H2,1-2H3,(H,15,16);1H. The molecule has 3 N–H and O–H groups in total. The molecule has 1 aromatic heterocycles. The number of halogens is 1. The maximum Gasteiger partial charge on any atom is 0.261 e. The summed E-state index contributed by atoms with van der Waals surface area (Å²) in [6.45, 7) is 4.78. The molecule has 0 aromatic carbocycles. The molecule has 0 bridgehead atoms. The van der Waals surface area contributed by atoms with E-state index in [1.807, 2.05) is 6.07 Å². The predicted octanol–water partition coefficient (Wildman–Crippen LogP) is 2.51. The second kappa shape index (κ2) is 6.55. The fraction of sp³-hybridized carbons (Fsp3) is 0.615. The number of nitrogens with one attached hydrogen (secondary N) is 1. The Labute approximate surface area is 119 Å². The lowest BCUT2D eigenvalue weighted by Crippen LogP contribution is -2.38. The van der Waals surface area contributed by atoms with Crippen LogP contribution in [0.2, 0.25) is 0 Å². The number of carbonyl (C=O) groups is 1. The number of hydrogen-bond acceptors (Lipinski definition) is 3. The second-order valence-electron chi connectivity index (χ2n) is 4.76. The fourth-order valence-electron chi connectivity index (χ4n) is 1.97. The summed E-state index contributed by atoms with van der Waals surface area (Å²) >= 11 is 1.57. The number of thiophene rings is 1. The normalized spacial score (nSPS) is 15.9. The van der Waals surface area contributed by atoms with Crippen molar-refractivity contribution in [1.29, 1.82) is 0 Å². The van der Waals surface area contributed by atoms with Gasteiger partial charge in [0.1, 0.15) is 0 Å². The number of carbonyl (C=O) groups excluding carboxylic acids is 1. The fourth-order valence-corrected chi connectivity index (χ4v) is 3.00. The first-order chi connectivity index (χ1) is 8.11. The van der Waals surface area contributed by atoms with Gasteiger partial charge in [-0.15, -0.1) is 23.7 Å². The average Bonchev–Trinajstić information content (AvgIpc) is 3.09. The second-order valence-corrected chi connectivity index (χ2v) is 6.01. The summed E-state index contributed by atoms with van der Waals surface area (Å²) in [5.41, 5.74) is 7.23. The third-order valence-electron chi connectivity index (χ3n) is 3.35. The van der Waals surface area contributed by atoms with Gasteiger partial charge in [-0.3, -0.25) is 4.79 Å². The molecule has 0 radical (unpaired) electrons. The van der Waals surface area contributed by atoms with Crippen LogP contribution >= 0.6 is 23.7 Å². The van der Waals surface area contributed by atoms with Crippen molar-refractivity contribution in [3.05, 3.63) is 21.4 Å². The minimum atomic E-state index is 0. The zero-order valence-corrected chi connectivity index (χ0v) is 12.5. The van der Waals surface area contributed by atoms with E-state index in [-0.39, 0.29) is 24.4 Å². The van der Waals surface area contributed by atoms with Crippen LogP contribution < -0.4 is 11.1 Å². The largest absolute Gasteiger partial charge is 0.350 e. The average molecular weight is 289 g/mol. The van der Waals surface area contributed by atoms with E-state index < -0.39 is 0 Å². The third kappa shape index (κ3) is 3.70. The number of hydrogen-bond donors (Lipinski definition) is 2. The van der Waals surface area contributed by atoms with Crippen molar-refractivity contribution in [2.75, 3.05) is 6.54 Å².